The minimum Gasteiger partial charge on any atom is -0.338 e. The van der Waals surface area contributed by atoms with Crippen LogP contribution >= 0.6 is 38.5 Å². The summed E-state index contributed by atoms with van der Waals surface area (Å²) in [5, 5.41) is 0. The average Bonchev–Trinajstić information content (AvgIpc) is 2.48. The van der Waals surface area contributed by atoms with Gasteiger partial charge in [0.2, 0.25) is 0 Å². The van der Waals surface area contributed by atoms with Crippen LogP contribution in [0.1, 0.15) is 42.5 Å². The van der Waals surface area contributed by atoms with Crippen LogP contribution in [0.25, 0.3) is 0 Å². The van der Waals surface area contributed by atoms with E-state index in [0.29, 0.717) is 0 Å². The molecule has 1 saturated heterocycles. The molecule has 1 amide bonds. The SMILES string of the molecule is O=C(c1cc(I)ccc1Br)N1CCC2CCCCC2C1. The molecule has 1 aliphatic heterocycles. The van der Waals surface area contributed by atoms with Gasteiger partial charge in [-0.15, -0.1) is 0 Å². The number of halogens is 2. The molecular formula is C16H19BrINO. The van der Waals surface area contributed by atoms with Crippen molar-refractivity contribution in [1.29, 1.82) is 0 Å². The lowest BCUT2D eigenvalue weighted by molar-refractivity contribution is 0.0520. The van der Waals surface area contributed by atoms with Crippen molar-refractivity contribution in [1.82, 2.24) is 4.90 Å². The van der Waals surface area contributed by atoms with Crippen LogP contribution in [0.2, 0.25) is 0 Å². The number of nitrogens with zero attached hydrogens (tertiary/aromatic N) is 1. The molecule has 1 heterocycles. The third-order valence-corrected chi connectivity index (χ3v) is 6.10. The van der Waals surface area contributed by atoms with E-state index in [1.165, 1.54) is 32.1 Å². The number of hydrogen-bond acceptors (Lipinski definition) is 1. The second kappa shape index (κ2) is 6.34. The van der Waals surface area contributed by atoms with Crippen LogP contribution in [0.3, 0.4) is 0 Å². The predicted molar refractivity (Wildman–Crippen MR) is 92.8 cm³/mol. The molecule has 2 aliphatic rings. The molecule has 3 rings (SSSR count). The molecule has 0 radical (unpaired) electrons. The summed E-state index contributed by atoms with van der Waals surface area (Å²) in [5.41, 5.74) is 0.811. The first kappa shape index (κ1) is 14.8. The number of carbonyl (C=O) groups is 1. The highest BCUT2D eigenvalue weighted by molar-refractivity contribution is 14.1. The van der Waals surface area contributed by atoms with Crippen molar-refractivity contribution < 1.29 is 4.79 Å². The van der Waals surface area contributed by atoms with E-state index in [1.54, 1.807) is 0 Å². The molecule has 2 unspecified atom stereocenters. The van der Waals surface area contributed by atoms with E-state index in [4.69, 9.17) is 0 Å². The summed E-state index contributed by atoms with van der Waals surface area (Å²) in [6.45, 7) is 1.89. The van der Waals surface area contributed by atoms with Crippen molar-refractivity contribution in [3.63, 3.8) is 0 Å². The normalized spacial score (nSPS) is 26.2. The van der Waals surface area contributed by atoms with Crippen LogP contribution in [0.5, 0.6) is 0 Å². The van der Waals surface area contributed by atoms with Gasteiger partial charge in [-0.3, -0.25) is 4.79 Å². The Morgan fingerprint density at radius 3 is 2.75 bits per heavy atom. The lowest BCUT2D eigenvalue weighted by Crippen LogP contribution is -2.44. The first-order valence-electron chi connectivity index (χ1n) is 7.39. The van der Waals surface area contributed by atoms with Crippen molar-refractivity contribution in [2.75, 3.05) is 13.1 Å². The minimum absolute atomic E-state index is 0.194. The quantitative estimate of drug-likeness (QED) is 0.571. The monoisotopic (exact) mass is 447 g/mol. The molecule has 0 bridgehead atoms. The smallest absolute Gasteiger partial charge is 0.255 e. The Morgan fingerprint density at radius 1 is 1.20 bits per heavy atom. The molecule has 20 heavy (non-hydrogen) atoms. The van der Waals surface area contributed by atoms with Crippen molar-refractivity contribution in [3.05, 3.63) is 31.8 Å². The van der Waals surface area contributed by atoms with E-state index >= 15 is 0 Å². The Morgan fingerprint density at radius 2 is 1.95 bits per heavy atom. The topological polar surface area (TPSA) is 20.3 Å². The van der Waals surface area contributed by atoms with Crippen LogP contribution in [0.4, 0.5) is 0 Å². The maximum absolute atomic E-state index is 12.7. The van der Waals surface area contributed by atoms with Gasteiger partial charge in [0, 0.05) is 21.1 Å². The largest absolute Gasteiger partial charge is 0.338 e. The van der Waals surface area contributed by atoms with Crippen molar-refractivity contribution in [3.8, 4) is 0 Å². The van der Waals surface area contributed by atoms with Gasteiger partial charge in [0.25, 0.3) is 5.91 Å². The molecule has 1 aromatic carbocycles. The molecule has 0 N–H and O–H groups in total. The summed E-state index contributed by atoms with van der Waals surface area (Å²) in [7, 11) is 0. The van der Waals surface area contributed by atoms with Crippen LogP contribution in [0.15, 0.2) is 22.7 Å². The molecule has 4 heteroatoms. The number of carbonyl (C=O) groups excluding carboxylic acids is 1. The van der Waals surface area contributed by atoms with Gasteiger partial charge < -0.3 is 4.90 Å². The third kappa shape index (κ3) is 3.06. The highest BCUT2D eigenvalue weighted by Crippen LogP contribution is 2.36. The number of rotatable bonds is 1. The van der Waals surface area contributed by atoms with Crippen molar-refractivity contribution in [2.24, 2.45) is 11.8 Å². The number of likely N-dealkylation sites (tertiary alicyclic amines) is 1. The first-order chi connectivity index (χ1) is 9.65. The average molecular weight is 448 g/mol. The van der Waals surface area contributed by atoms with Crippen molar-refractivity contribution in [2.45, 2.75) is 32.1 Å². The molecule has 1 aliphatic carbocycles. The van der Waals surface area contributed by atoms with Gasteiger partial charge in [-0.1, -0.05) is 19.3 Å². The van der Waals surface area contributed by atoms with Crippen LogP contribution < -0.4 is 0 Å². The number of amides is 1. The second-order valence-corrected chi connectivity index (χ2v) is 8.07. The fourth-order valence-corrected chi connectivity index (χ4v) is 4.52. The number of benzene rings is 1. The third-order valence-electron chi connectivity index (χ3n) is 4.74. The molecule has 0 aromatic heterocycles. The molecule has 1 saturated carbocycles. The van der Waals surface area contributed by atoms with Gasteiger partial charge in [0.05, 0.1) is 5.56 Å². The molecule has 2 fully saturated rings. The van der Waals surface area contributed by atoms with E-state index in [2.05, 4.69) is 43.4 Å². The van der Waals surface area contributed by atoms with E-state index in [0.717, 1.165) is 38.5 Å². The number of piperidine rings is 1. The van der Waals surface area contributed by atoms with E-state index in [1.807, 2.05) is 18.2 Å². The zero-order valence-corrected chi connectivity index (χ0v) is 15.2. The Hall–Kier alpha value is -0.100. The minimum atomic E-state index is 0.194. The van der Waals surface area contributed by atoms with Gasteiger partial charge in [-0.25, -0.2) is 0 Å². The van der Waals surface area contributed by atoms with Gasteiger partial charge in [-0.05, 0) is 81.4 Å². The lowest BCUT2D eigenvalue weighted by Gasteiger charge is -2.41. The number of fused-ring (bicyclic) bond motifs is 1. The highest BCUT2D eigenvalue weighted by Gasteiger charge is 2.33. The first-order valence-corrected chi connectivity index (χ1v) is 9.26. The molecular weight excluding hydrogens is 429 g/mol. The highest BCUT2D eigenvalue weighted by atomic mass is 127. The summed E-state index contributed by atoms with van der Waals surface area (Å²) in [6.07, 6.45) is 6.60. The fraction of sp³-hybridized carbons (Fsp3) is 0.562. The Bertz CT molecular complexity index is 519. The van der Waals surface area contributed by atoms with E-state index < -0.39 is 0 Å². The van der Waals surface area contributed by atoms with Crippen LogP contribution in [-0.2, 0) is 0 Å². The molecule has 1 aromatic rings. The Balaban J connectivity index is 1.76. The summed E-state index contributed by atoms with van der Waals surface area (Å²) in [6, 6.07) is 5.98. The molecule has 2 atom stereocenters. The molecule has 0 spiro atoms. The standard InChI is InChI=1S/C16H19BrINO/c17-15-6-5-13(18)9-14(15)16(20)19-8-7-11-3-1-2-4-12(11)10-19/h5-6,9,11-12H,1-4,7-8,10H2. The van der Waals surface area contributed by atoms with Crippen LogP contribution in [0, 0.1) is 15.4 Å². The Kier molecular flexibility index (Phi) is 4.70. The maximum atomic E-state index is 12.7. The van der Waals surface area contributed by atoms with E-state index in [-0.39, 0.29) is 5.91 Å². The predicted octanol–water partition coefficient (Wildman–Crippen LogP) is 4.71. The summed E-state index contributed by atoms with van der Waals surface area (Å²) < 4.78 is 2.02. The van der Waals surface area contributed by atoms with Gasteiger partial charge >= 0.3 is 0 Å². The zero-order chi connectivity index (χ0) is 14.1. The van der Waals surface area contributed by atoms with E-state index in [9.17, 15) is 4.79 Å². The summed E-state index contributed by atoms with van der Waals surface area (Å²) in [4.78, 5) is 14.8. The Labute approximate surface area is 142 Å². The fourth-order valence-electron chi connectivity index (χ4n) is 3.62. The van der Waals surface area contributed by atoms with Gasteiger partial charge in [0.1, 0.15) is 0 Å². The van der Waals surface area contributed by atoms with Gasteiger partial charge in [-0.2, -0.15) is 0 Å². The summed E-state index contributed by atoms with van der Waals surface area (Å²) >= 11 is 5.78. The molecule has 2 nitrogen and oxygen atoms in total. The zero-order valence-electron chi connectivity index (χ0n) is 11.4. The second-order valence-electron chi connectivity index (χ2n) is 5.97. The summed E-state index contributed by atoms with van der Waals surface area (Å²) in [5.74, 6) is 1.80. The maximum Gasteiger partial charge on any atom is 0.255 e. The molecule has 108 valence electrons. The van der Waals surface area contributed by atoms with Gasteiger partial charge in [0.15, 0.2) is 0 Å². The van der Waals surface area contributed by atoms with Crippen molar-refractivity contribution >= 4 is 44.4 Å². The number of hydrogen-bond donors (Lipinski definition) is 0. The lowest BCUT2D eigenvalue weighted by atomic mass is 9.75. The van der Waals surface area contributed by atoms with Crippen LogP contribution in [-0.4, -0.2) is 23.9 Å².